The van der Waals surface area contributed by atoms with E-state index in [-0.39, 0.29) is 0 Å². The van der Waals surface area contributed by atoms with E-state index < -0.39 is 0 Å². The zero-order chi connectivity index (χ0) is 12.7. The predicted octanol–water partition coefficient (Wildman–Crippen LogP) is 2.38. The first-order valence-corrected chi connectivity index (χ1v) is 5.73. The van der Waals surface area contributed by atoms with Gasteiger partial charge >= 0.3 is 0 Å². The maximum Gasteiger partial charge on any atom is 0.123 e. The van der Waals surface area contributed by atoms with E-state index in [0.717, 1.165) is 17.1 Å². The largest absolute Gasteiger partial charge is 0.497 e. The molecule has 4 heteroatoms. The zero-order valence-corrected chi connectivity index (χ0v) is 10.9. The van der Waals surface area contributed by atoms with Crippen LogP contribution >= 0.6 is 0 Å². The van der Waals surface area contributed by atoms with E-state index in [2.05, 4.69) is 19.3 Å². The summed E-state index contributed by atoms with van der Waals surface area (Å²) in [7, 11) is 3.30. The van der Waals surface area contributed by atoms with Crippen LogP contribution in [0.15, 0.2) is 18.2 Å². The Morgan fingerprint density at radius 1 is 1.18 bits per heavy atom. The molecule has 0 aliphatic heterocycles. The summed E-state index contributed by atoms with van der Waals surface area (Å²) in [6, 6.07) is 5.69. The highest BCUT2D eigenvalue weighted by Gasteiger charge is 2.04. The van der Waals surface area contributed by atoms with Crippen molar-refractivity contribution in [3.8, 4) is 11.5 Å². The average molecular weight is 239 g/mol. The molecule has 0 spiro atoms. The first-order valence-electron chi connectivity index (χ1n) is 5.73. The Bertz CT molecular complexity index is 339. The van der Waals surface area contributed by atoms with Gasteiger partial charge in [-0.25, -0.2) is 0 Å². The Hall–Kier alpha value is -1.26. The first-order chi connectivity index (χ1) is 8.17. The third kappa shape index (κ3) is 4.63. The van der Waals surface area contributed by atoms with Gasteiger partial charge in [0.1, 0.15) is 11.5 Å². The molecule has 1 aromatic carbocycles. The fourth-order valence-electron chi connectivity index (χ4n) is 1.37. The van der Waals surface area contributed by atoms with Crippen LogP contribution in [0, 0.1) is 5.92 Å². The van der Waals surface area contributed by atoms with Crippen LogP contribution in [0.1, 0.15) is 19.4 Å². The van der Waals surface area contributed by atoms with Crippen LogP contribution in [-0.2, 0) is 11.4 Å². The highest BCUT2D eigenvalue weighted by molar-refractivity contribution is 5.40. The number of benzene rings is 1. The SMILES string of the molecule is COc1ccc(OC)c(CNOCC(C)C)c1. The summed E-state index contributed by atoms with van der Waals surface area (Å²) in [5.74, 6) is 2.15. The van der Waals surface area contributed by atoms with Crippen molar-refractivity contribution in [3.63, 3.8) is 0 Å². The van der Waals surface area contributed by atoms with Gasteiger partial charge in [-0.3, -0.25) is 0 Å². The lowest BCUT2D eigenvalue weighted by molar-refractivity contribution is 0.0193. The molecule has 0 amide bonds. The van der Waals surface area contributed by atoms with Crippen molar-refractivity contribution in [2.24, 2.45) is 5.92 Å². The first kappa shape index (κ1) is 13.8. The molecule has 0 heterocycles. The molecular weight excluding hydrogens is 218 g/mol. The molecule has 0 atom stereocenters. The maximum atomic E-state index is 5.33. The molecule has 0 aliphatic rings. The molecular formula is C13H21NO3. The fraction of sp³-hybridized carbons (Fsp3) is 0.538. The third-order valence-corrected chi connectivity index (χ3v) is 2.27. The van der Waals surface area contributed by atoms with E-state index in [1.807, 2.05) is 18.2 Å². The molecule has 4 nitrogen and oxygen atoms in total. The quantitative estimate of drug-likeness (QED) is 0.586. The number of hydrogen-bond donors (Lipinski definition) is 1. The van der Waals surface area contributed by atoms with Crippen molar-refractivity contribution in [2.45, 2.75) is 20.4 Å². The lowest BCUT2D eigenvalue weighted by Gasteiger charge is -2.12. The summed E-state index contributed by atoms with van der Waals surface area (Å²) >= 11 is 0. The smallest absolute Gasteiger partial charge is 0.123 e. The molecule has 0 bridgehead atoms. The molecule has 1 rings (SSSR count). The van der Waals surface area contributed by atoms with E-state index in [0.29, 0.717) is 19.1 Å². The topological polar surface area (TPSA) is 39.7 Å². The van der Waals surface area contributed by atoms with Gasteiger partial charge in [-0.15, -0.1) is 0 Å². The summed E-state index contributed by atoms with van der Waals surface area (Å²) < 4.78 is 10.4. The van der Waals surface area contributed by atoms with E-state index in [1.165, 1.54) is 0 Å². The lowest BCUT2D eigenvalue weighted by atomic mass is 10.2. The number of ether oxygens (including phenoxy) is 2. The monoisotopic (exact) mass is 239 g/mol. The summed E-state index contributed by atoms with van der Waals surface area (Å²) in [5, 5.41) is 0. The van der Waals surface area contributed by atoms with Gasteiger partial charge < -0.3 is 14.3 Å². The highest BCUT2D eigenvalue weighted by Crippen LogP contribution is 2.23. The standard InChI is InChI=1S/C13H21NO3/c1-10(2)9-17-14-8-11-7-12(15-3)5-6-13(11)16-4/h5-7,10,14H,8-9H2,1-4H3. The van der Waals surface area contributed by atoms with E-state index in [9.17, 15) is 0 Å². The minimum absolute atomic E-state index is 0.509. The molecule has 1 aromatic rings. The van der Waals surface area contributed by atoms with Gasteiger partial charge in [-0.1, -0.05) is 13.8 Å². The second-order valence-electron chi connectivity index (χ2n) is 4.20. The summed E-state index contributed by atoms with van der Waals surface area (Å²) in [6.45, 7) is 5.49. The minimum Gasteiger partial charge on any atom is -0.497 e. The van der Waals surface area contributed by atoms with Gasteiger partial charge in [0.2, 0.25) is 0 Å². The molecule has 0 saturated heterocycles. The van der Waals surface area contributed by atoms with Gasteiger partial charge in [-0.05, 0) is 24.1 Å². The number of hydroxylamine groups is 1. The van der Waals surface area contributed by atoms with Crippen LogP contribution in [0.25, 0.3) is 0 Å². The van der Waals surface area contributed by atoms with Crippen LogP contribution in [0.3, 0.4) is 0 Å². The van der Waals surface area contributed by atoms with Crippen LogP contribution in [0.4, 0.5) is 0 Å². The van der Waals surface area contributed by atoms with Crippen molar-refractivity contribution in [1.82, 2.24) is 5.48 Å². The second kappa shape index (κ2) is 7.14. The molecule has 1 N–H and O–H groups in total. The number of methoxy groups -OCH3 is 2. The Morgan fingerprint density at radius 2 is 1.94 bits per heavy atom. The van der Waals surface area contributed by atoms with Crippen LogP contribution in [0.2, 0.25) is 0 Å². The molecule has 0 unspecified atom stereocenters. The van der Waals surface area contributed by atoms with E-state index in [1.54, 1.807) is 14.2 Å². The Morgan fingerprint density at radius 3 is 2.53 bits per heavy atom. The third-order valence-electron chi connectivity index (χ3n) is 2.27. The minimum atomic E-state index is 0.509. The molecule has 0 fully saturated rings. The zero-order valence-electron chi connectivity index (χ0n) is 10.9. The average Bonchev–Trinajstić information content (AvgIpc) is 2.34. The van der Waals surface area contributed by atoms with Gasteiger partial charge in [0.05, 0.1) is 20.8 Å². The Kier molecular flexibility index (Phi) is 5.80. The lowest BCUT2D eigenvalue weighted by Crippen LogP contribution is -2.17. The van der Waals surface area contributed by atoms with E-state index in [4.69, 9.17) is 14.3 Å². The number of hydrogen-bond acceptors (Lipinski definition) is 4. The van der Waals surface area contributed by atoms with Crippen molar-refractivity contribution in [2.75, 3.05) is 20.8 Å². The normalized spacial score (nSPS) is 10.6. The number of rotatable bonds is 7. The molecule has 0 radical (unpaired) electrons. The summed E-state index contributed by atoms with van der Waals surface area (Å²) in [4.78, 5) is 5.33. The predicted molar refractivity (Wildman–Crippen MR) is 67.2 cm³/mol. The van der Waals surface area contributed by atoms with Crippen molar-refractivity contribution >= 4 is 0 Å². The van der Waals surface area contributed by atoms with Gasteiger partial charge in [0.25, 0.3) is 0 Å². The molecule has 0 saturated carbocycles. The molecule has 0 aromatic heterocycles. The maximum absolute atomic E-state index is 5.33. The second-order valence-corrected chi connectivity index (χ2v) is 4.20. The summed E-state index contributed by atoms with van der Waals surface area (Å²) in [6.07, 6.45) is 0. The highest BCUT2D eigenvalue weighted by atomic mass is 16.6. The Labute approximate surface area is 103 Å². The molecule has 17 heavy (non-hydrogen) atoms. The molecule has 96 valence electrons. The number of nitrogens with one attached hydrogen (secondary N) is 1. The van der Waals surface area contributed by atoms with Gasteiger partial charge in [0, 0.05) is 12.1 Å². The van der Waals surface area contributed by atoms with Crippen molar-refractivity contribution in [3.05, 3.63) is 23.8 Å². The van der Waals surface area contributed by atoms with E-state index >= 15 is 0 Å². The fourth-order valence-corrected chi connectivity index (χ4v) is 1.37. The van der Waals surface area contributed by atoms with Gasteiger partial charge in [0.15, 0.2) is 0 Å². The van der Waals surface area contributed by atoms with Crippen LogP contribution < -0.4 is 15.0 Å². The van der Waals surface area contributed by atoms with Crippen LogP contribution in [-0.4, -0.2) is 20.8 Å². The van der Waals surface area contributed by atoms with Gasteiger partial charge in [-0.2, -0.15) is 5.48 Å². The van der Waals surface area contributed by atoms with Crippen molar-refractivity contribution in [1.29, 1.82) is 0 Å². The van der Waals surface area contributed by atoms with Crippen LogP contribution in [0.5, 0.6) is 11.5 Å². The summed E-state index contributed by atoms with van der Waals surface area (Å²) in [5.41, 5.74) is 3.93. The van der Waals surface area contributed by atoms with Crippen molar-refractivity contribution < 1.29 is 14.3 Å². The Balaban J connectivity index is 2.55. The molecule has 0 aliphatic carbocycles.